The lowest BCUT2D eigenvalue weighted by atomic mass is 10.0. The molecule has 90 valence electrons. The Labute approximate surface area is 96.7 Å². The minimum Gasteiger partial charge on any atom is -0.313 e. The minimum atomic E-state index is -0.603. The van der Waals surface area contributed by atoms with Gasteiger partial charge in [0.25, 0.3) is 0 Å². The summed E-state index contributed by atoms with van der Waals surface area (Å²) in [4.78, 5) is 0. The molecule has 1 rings (SSSR count). The van der Waals surface area contributed by atoms with Crippen molar-refractivity contribution in [1.82, 2.24) is 5.32 Å². The molecular weight excluding hydrogens is 206 g/mol. The summed E-state index contributed by atoms with van der Waals surface area (Å²) in [5.74, 6) is 0.838. The van der Waals surface area contributed by atoms with E-state index in [-0.39, 0.29) is 0 Å². The van der Waals surface area contributed by atoms with Gasteiger partial charge in [0.1, 0.15) is 0 Å². The molecule has 0 saturated heterocycles. The number of hydrogen-bond donors (Lipinski definition) is 1. The highest BCUT2D eigenvalue weighted by Crippen LogP contribution is 2.22. The van der Waals surface area contributed by atoms with E-state index in [0.29, 0.717) is 11.3 Å². The first-order valence-corrected chi connectivity index (χ1v) is 7.72. The van der Waals surface area contributed by atoms with Gasteiger partial charge < -0.3 is 5.32 Å². The Kier molecular flexibility index (Phi) is 6.50. The van der Waals surface area contributed by atoms with E-state index in [1.165, 1.54) is 32.1 Å². The summed E-state index contributed by atoms with van der Waals surface area (Å²) < 4.78 is 12.0. The largest absolute Gasteiger partial charge is 0.313 e. The molecule has 0 aromatic rings. The molecule has 1 aliphatic rings. The maximum atomic E-state index is 12.0. The van der Waals surface area contributed by atoms with Crippen molar-refractivity contribution in [3.63, 3.8) is 0 Å². The fourth-order valence-electron chi connectivity index (χ4n) is 2.16. The average Bonchev–Trinajstić information content (AvgIpc) is 2.27. The highest BCUT2D eigenvalue weighted by Gasteiger charge is 2.20. The average molecular weight is 231 g/mol. The van der Waals surface area contributed by atoms with Crippen LogP contribution in [0.15, 0.2) is 0 Å². The molecular formula is C12H25NOS. The van der Waals surface area contributed by atoms with Gasteiger partial charge in [-0.15, -0.1) is 0 Å². The standard InChI is InChI=1S/C12H25NOS/c1-3-9-13-11(2)10-15(14)12-7-5-4-6-8-12/h11-13H,3-10H2,1-2H3. The van der Waals surface area contributed by atoms with E-state index in [4.69, 9.17) is 0 Å². The van der Waals surface area contributed by atoms with Crippen molar-refractivity contribution in [1.29, 1.82) is 0 Å². The van der Waals surface area contributed by atoms with E-state index in [1.54, 1.807) is 0 Å². The summed E-state index contributed by atoms with van der Waals surface area (Å²) in [7, 11) is -0.603. The van der Waals surface area contributed by atoms with Gasteiger partial charge in [-0.2, -0.15) is 0 Å². The van der Waals surface area contributed by atoms with Crippen molar-refractivity contribution in [2.24, 2.45) is 0 Å². The third kappa shape index (κ3) is 5.12. The van der Waals surface area contributed by atoms with E-state index in [0.717, 1.165) is 18.7 Å². The van der Waals surface area contributed by atoms with Crippen LogP contribution < -0.4 is 5.32 Å². The molecule has 1 saturated carbocycles. The Bertz CT molecular complexity index is 190. The molecule has 0 radical (unpaired) electrons. The maximum absolute atomic E-state index is 12.0. The van der Waals surface area contributed by atoms with Gasteiger partial charge in [-0.05, 0) is 32.7 Å². The molecule has 3 heteroatoms. The molecule has 0 bridgehead atoms. The van der Waals surface area contributed by atoms with Crippen LogP contribution in [0.4, 0.5) is 0 Å². The van der Waals surface area contributed by atoms with Crippen molar-refractivity contribution in [3.05, 3.63) is 0 Å². The van der Waals surface area contributed by atoms with Crippen molar-refractivity contribution < 1.29 is 4.21 Å². The second-order valence-electron chi connectivity index (χ2n) is 4.66. The van der Waals surface area contributed by atoms with Gasteiger partial charge in [0.05, 0.1) is 0 Å². The minimum absolute atomic E-state index is 0.410. The molecule has 0 aromatic heterocycles. The van der Waals surface area contributed by atoms with Crippen LogP contribution in [0.5, 0.6) is 0 Å². The Morgan fingerprint density at radius 2 is 2.00 bits per heavy atom. The Morgan fingerprint density at radius 1 is 1.33 bits per heavy atom. The van der Waals surface area contributed by atoms with Gasteiger partial charge in [0.2, 0.25) is 0 Å². The second kappa shape index (κ2) is 7.39. The smallest absolute Gasteiger partial charge is 0.0388 e. The van der Waals surface area contributed by atoms with Crippen molar-refractivity contribution in [3.8, 4) is 0 Å². The first-order valence-electron chi connectivity index (χ1n) is 6.34. The van der Waals surface area contributed by atoms with Gasteiger partial charge in [-0.25, -0.2) is 0 Å². The summed E-state index contributed by atoms with van der Waals surface area (Å²) in [6.45, 7) is 5.36. The molecule has 0 aliphatic heterocycles. The quantitative estimate of drug-likeness (QED) is 0.761. The zero-order valence-electron chi connectivity index (χ0n) is 10.1. The molecule has 0 amide bonds. The molecule has 0 spiro atoms. The molecule has 2 atom stereocenters. The lowest BCUT2D eigenvalue weighted by molar-refractivity contribution is 0.501. The lowest BCUT2D eigenvalue weighted by Crippen LogP contribution is -2.35. The Balaban J connectivity index is 2.21. The predicted octanol–water partition coefficient (Wildman–Crippen LogP) is 2.46. The first kappa shape index (κ1) is 13.2. The Morgan fingerprint density at radius 3 is 2.60 bits per heavy atom. The van der Waals surface area contributed by atoms with E-state index in [2.05, 4.69) is 19.2 Å². The van der Waals surface area contributed by atoms with Crippen molar-refractivity contribution >= 4 is 10.8 Å². The van der Waals surface area contributed by atoms with E-state index in [9.17, 15) is 4.21 Å². The van der Waals surface area contributed by atoms with Crippen LogP contribution in [0, 0.1) is 0 Å². The molecule has 2 nitrogen and oxygen atoms in total. The highest BCUT2D eigenvalue weighted by atomic mass is 32.2. The van der Waals surface area contributed by atoms with Crippen LogP contribution >= 0.6 is 0 Å². The SMILES string of the molecule is CCCNC(C)CS(=O)C1CCCCC1. The first-order chi connectivity index (χ1) is 7.24. The van der Waals surface area contributed by atoms with E-state index >= 15 is 0 Å². The molecule has 1 N–H and O–H groups in total. The summed E-state index contributed by atoms with van der Waals surface area (Å²) in [6, 6.07) is 0.410. The summed E-state index contributed by atoms with van der Waals surface area (Å²) >= 11 is 0. The van der Waals surface area contributed by atoms with Crippen LogP contribution in [-0.4, -0.2) is 27.8 Å². The fraction of sp³-hybridized carbons (Fsp3) is 1.00. The third-order valence-electron chi connectivity index (χ3n) is 3.08. The zero-order chi connectivity index (χ0) is 11.1. The molecule has 1 fully saturated rings. The van der Waals surface area contributed by atoms with E-state index in [1.807, 2.05) is 0 Å². The number of nitrogens with one attached hydrogen (secondary N) is 1. The van der Waals surface area contributed by atoms with Crippen molar-refractivity contribution in [2.75, 3.05) is 12.3 Å². The normalized spacial score (nSPS) is 22.5. The van der Waals surface area contributed by atoms with Gasteiger partial charge in [0, 0.05) is 27.8 Å². The third-order valence-corrected chi connectivity index (χ3v) is 5.12. The molecule has 0 aromatic carbocycles. The van der Waals surface area contributed by atoms with Gasteiger partial charge in [-0.3, -0.25) is 4.21 Å². The van der Waals surface area contributed by atoms with Gasteiger partial charge >= 0.3 is 0 Å². The summed E-state index contributed by atoms with van der Waals surface area (Å²) in [5, 5.41) is 3.90. The van der Waals surface area contributed by atoms with Crippen LogP contribution in [0.3, 0.4) is 0 Å². The summed E-state index contributed by atoms with van der Waals surface area (Å²) in [5.41, 5.74) is 0. The van der Waals surface area contributed by atoms with Crippen LogP contribution in [0.2, 0.25) is 0 Å². The summed E-state index contributed by atoms with van der Waals surface area (Å²) in [6.07, 6.45) is 7.44. The van der Waals surface area contributed by atoms with Crippen LogP contribution in [0.1, 0.15) is 52.4 Å². The molecule has 2 unspecified atom stereocenters. The predicted molar refractivity (Wildman–Crippen MR) is 67.6 cm³/mol. The molecule has 15 heavy (non-hydrogen) atoms. The van der Waals surface area contributed by atoms with Crippen LogP contribution in [0.25, 0.3) is 0 Å². The van der Waals surface area contributed by atoms with E-state index < -0.39 is 10.8 Å². The van der Waals surface area contributed by atoms with Crippen LogP contribution in [-0.2, 0) is 10.8 Å². The highest BCUT2D eigenvalue weighted by molar-refractivity contribution is 7.85. The fourth-order valence-corrected chi connectivity index (χ4v) is 3.90. The number of rotatable bonds is 6. The second-order valence-corrected chi connectivity index (χ2v) is 6.42. The van der Waals surface area contributed by atoms with Gasteiger partial charge in [-0.1, -0.05) is 26.2 Å². The van der Waals surface area contributed by atoms with Crippen molar-refractivity contribution in [2.45, 2.75) is 63.7 Å². The molecule has 0 heterocycles. The van der Waals surface area contributed by atoms with Gasteiger partial charge in [0.15, 0.2) is 0 Å². The molecule has 1 aliphatic carbocycles. The number of hydrogen-bond acceptors (Lipinski definition) is 2. The monoisotopic (exact) mass is 231 g/mol. The Hall–Kier alpha value is 0.110. The topological polar surface area (TPSA) is 29.1 Å². The lowest BCUT2D eigenvalue weighted by Gasteiger charge is -2.23. The maximum Gasteiger partial charge on any atom is 0.0388 e. The zero-order valence-corrected chi connectivity index (χ0v) is 10.9.